The van der Waals surface area contributed by atoms with E-state index in [2.05, 4.69) is 0 Å². The molecule has 0 radical (unpaired) electrons. The Morgan fingerprint density at radius 2 is 0.920 bits per heavy atom. The van der Waals surface area contributed by atoms with Crippen LogP contribution in [-0.4, -0.2) is 105 Å². The summed E-state index contributed by atoms with van der Waals surface area (Å²) in [7, 11) is -2.87. The van der Waals surface area contributed by atoms with Gasteiger partial charge >= 0.3 is 80.3 Å². The Morgan fingerprint density at radius 3 is 1.22 bits per heavy atom. The van der Waals surface area contributed by atoms with E-state index in [0.717, 1.165) is 0 Å². The van der Waals surface area contributed by atoms with Crippen LogP contribution in [0.25, 0.3) is 0 Å². The van der Waals surface area contributed by atoms with Gasteiger partial charge in [0, 0.05) is 22.6 Å². The van der Waals surface area contributed by atoms with Crippen molar-refractivity contribution in [2.45, 2.75) is 123 Å². The molecule has 1 aliphatic heterocycles. The number of piperidine rings is 1. The number of hydrogen-bond donors (Lipinski definition) is 2. The zero-order chi connectivity index (χ0) is 40.9. The molecule has 0 aliphatic carbocycles. The van der Waals surface area contributed by atoms with Gasteiger partial charge in [0.25, 0.3) is 0 Å². The van der Waals surface area contributed by atoms with Crippen molar-refractivity contribution < 1.29 is 120 Å². The van der Waals surface area contributed by atoms with E-state index in [1.54, 1.807) is 0 Å². The Morgan fingerprint density at radius 1 is 0.620 bits per heavy atom. The van der Waals surface area contributed by atoms with E-state index in [1.165, 1.54) is 0 Å². The maximum Gasteiger partial charge on any atom is 0.692 e. The second kappa shape index (κ2) is 14.3. The molecule has 1 fully saturated rings. The molecular formula is C21H21F24NO3P+. The summed E-state index contributed by atoms with van der Waals surface area (Å²) < 4.78 is 335. The summed E-state index contributed by atoms with van der Waals surface area (Å²) in [6, 6.07) is -2.05. The Hall–Kier alpha value is -1.70. The number of likely N-dealkylation sites (tertiary alicyclic amines) is 1. The van der Waals surface area contributed by atoms with Crippen LogP contribution in [0, 0.1) is 0 Å². The number of halogens is 24. The average Bonchev–Trinajstić information content (AvgIpc) is 2.89. The molecule has 300 valence electrons. The van der Waals surface area contributed by atoms with Gasteiger partial charge < -0.3 is 0 Å². The van der Waals surface area contributed by atoms with Crippen LogP contribution in [0.4, 0.5) is 105 Å². The van der Waals surface area contributed by atoms with Gasteiger partial charge in [0.05, 0.1) is 6.54 Å². The lowest BCUT2D eigenvalue weighted by Gasteiger charge is -2.52. The third-order valence-electron chi connectivity index (χ3n) is 7.42. The predicted octanol–water partition coefficient (Wildman–Crippen LogP) is 9.52. The van der Waals surface area contributed by atoms with Crippen LogP contribution in [0.2, 0.25) is 0 Å². The van der Waals surface area contributed by atoms with Crippen molar-refractivity contribution in [2.75, 3.05) is 6.54 Å². The van der Waals surface area contributed by atoms with Gasteiger partial charge in [-0.2, -0.15) is 87.8 Å². The second-order valence-corrected chi connectivity index (χ2v) is 11.5. The number of rotatable bonds is 14. The standard InChI is InChI=1S/C21H19F24N.HO3P/c1-8-4-3-5-11(2,6-12(26,27)16(34,35)20(42,43)18(38,39)14(30,31)9(22)23)46(8)7-13(28,29)17(36,37)21(44,45)19(40,41)15(32,33)10(24)25;1-4(2)3/h8-10H,3-7H2,1-2H3;(H-,1,2,3)/p+1. The van der Waals surface area contributed by atoms with Crippen LogP contribution in [0.5, 0.6) is 0 Å². The second-order valence-electron chi connectivity index (χ2n) is 11.0. The smallest absolute Gasteiger partial charge is 0.289 e. The van der Waals surface area contributed by atoms with Gasteiger partial charge in [-0.15, -0.1) is 9.79 Å². The molecule has 0 amide bonds. The lowest BCUT2D eigenvalue weighted by Crippen LogP contribution is -2.72. The lowest BCUT2D eigenvalue weighted by atomic mass is 9.77. The summed E-state index contributed by atoms with van der Waals surface area (Å²) in [6.45, 7) is -2.80. The molecule has 0 bridgehead atoms. The number of nitrogens with zero attached hydrogens (tertiary/aromatic N) is 1. The molecule has 1 saturated heterocycles. The van der Waals surface area contributed by atoms with Crippen molar-refractivity contribution in [1.82, 2.24) is 4.90 Å². The zero-order valence-electron chi connectivity index (χ0n) is 24.0. The summed E-state index contributed by atoms with van der Waals surface area (Å²) >= 11 is 0. The largest absolute Gasteiger partial charge is 0.692 e. The van der Waals surface area contributed by atoms with Gasteiger partial charge in [0.2, 0.25) is 0 Å². The monoisotopic (exact) mass is 822 g/mol. The third-order valence-corrected chi connectivity index (χ3v) is 7.42. The van der Waals surface area contributed by atoms with Crippen molar-refractivity contribution >= 4 is 8.25 Å². The summed E-state index contributed by atoms with van der Waals surface area (Å²) in [5, 5.41) is 0. The van der Waals surface area contributed by atoms with E-state index >= 15 is 0 Å². The fourth-order valence-corrected chi connectivity index (χ4v) is 4.60. The molecule has 29 heteroatoms. The minimum atomic E-state index is -8.11. The van der Waals surface area contributed by atoms with Gasteiger partial charge in [0.15, 0.2) is 0 Å². The lowest BCUT2D eigenvalue weighted by molar-refractivity contribution is -0.417. The van der Waals surface area contributed by atoms with E-state index in [0.29, 0.717) is 6.92 Å². The first kappa shape index (κ1) is 48.3. The molecule has 1 rings (SSSR count). The maximum atomic E-state index is 14.6. The van der Waals surface area contributed by atoms with E-state index in [9.17, 15) is 105 Å². The van der Waals surface area contributed by atoms with Crippen LogP contribution in [0.1, 0.15) is 39.5 Å². The number of hydrogen-bond acceptors (Lipinski definition) is 2. The van der Waals surface area contributed by atoms with Crippen LogP contribution in [-0.2, 0) is 4.57 Å². The molecule has 0 aromatic rings. The van der Waals surface area contributed by atoms with Crippen LogP contribution >= 0.6 is 8.25 Å². The molecule has 2 atom stereocenters. The normalized spacial score (nSPS) is 21.8. The molecular weight excluding hydrogens is 801 g/mol. The Kier molecular flexibility index (Phi) is 13.8. The molecule has 0 aromatic carbocycles. The summed E-state index contributed by atoms with van der Waals surface area (Å²) in [4.78, 5) is 13.6. The fraction of sp³-hybridized carbons (Fsp3) is 1.00. The van der Waals surface area contributed by atoms with Crippen molar-refractivity contribution in [3.8, 4) is 0 Å². The molecule has 0 aromatic heterocycles. The van der Waals surface area contributed by atoms with E-state index in [1.807, 2.05) is 0 Å². The topological polar surface area (TPSA) is 60.8 Å². The highest BCUT2D eigenvalue weighted by Crippen LogP contribution is 2.61. The first-order valence-electron chi connectivity index (χ1n) is 12.5. The van der Waals surface area contributed by atoms with Gasteiger partial charge in [-0.05, 0) is 26.7 Å². The fourth-order valence-electron chi connectivity index (χ4n) is 4.60. The molecule has 4 nitrogen and oxygen atoms in total. The van der Waals surface area contributed by atoms with E-state index in [4.69, 9.17) is 14.4 Å². The van der Waals surface area contributed by atoms with Crippen molar-refractivity contribution in [1.29, 1.82) is 0 Å². The van der Waals surface area contributed by atoms with Gasteiger partial charge in [-0.25, -0.2) is 17.6 Å². The van der Waals surface area contributed by atoms with Crippen LogP contribution in [0.15, 0.2) is 0 Å². The average molecular weight is 822 g/mol. The van der Waals surface area contributed by atoms with Crippen molar-refractivity contribution in [3.05, 3.63) is 0 Å². The van der Waals surface area contributed by atoms with E-state index < -0.39 is 129 Å². The molecule has 0 saturated carbocycles. The van der Waals surface area contributed by atoms with Gasteiger partial charge in [-0.3, -0.25) is 4.90 Å². The minimum Gasteiger partial charge on any atom is -0.289 e. The summed E-state index contributed by atoms with van der Waals surface area (Å²) in [5.41, 5.74) is -3.49. The quantitative estimate of drug-likeness (QED) is 0.136. The Labute approximate surface area is 263 Å². The molecule has 1 heterocycles. The molecule has 1 aliphatic rings. The van der Waals surface area contributed by atoms with Gasteiger partial charge in [-0.1, -0.05) is 6.42 Å². The van der Waals surface area contributed by atoms with Crippen molar-refractivity contribution in [3.63, 3.8) is 0 Å². The number of alkyl halides is 24. The highest BCUT2D eigenvalue weighted by Gasteiger charge is 2.89. The highest BCUT2D eigenvalue weighted by atomic mass is 31.1. The van der Waals surface area contributed by atoms with Crippen LogP contribution in [0.3, 0.4) is 0 Å². The molecule has 0 spiro atoms. The predicted molar refractivity (Wildman–Crippen MR) is 117 cm³/mol. The highest BCUT2D eigenvalue weighted by molar-refractivity contribution is 7.30. The van der Waals surface area contributed by atoms with E-state index in [-0.39, 0.29) is 6.92 Å². The maximum absolute atomic E-state index is 14.6. The van der Waals surface area contributed by atoms with Crippen molar-refractivity contribution in [2.24, 2.45) is 0 Å². The third kappa shape index (κ3) is 7.81. The zero-order valence-corrected chi connectivity index (χ0v) is 24.9. The Bertz CT molecular complexity index is 1180. The van der Waals surface area contributed by atoms with Gasteiger partial charge in [0.1, 0.15) is 0 Å². The molecule has 2 N–H and O–H groups in total. The molecule has 50 heavy (non-hydrogen) atoms. The SMILES string of the molecule is CC1CCCC(C)(CC(F)(F)C(F)(F)C(F)(F)C(F)(F)C(F)(F)C(F)F)N1CC(F)(F)C(F)(F)C(F)(F)C(F)(F)C(F)(F)C(F)F.O=[P+](O)O. The summed E-state index contributed by atoms with van der Waals surface area (Å²) in [6.07, 6.45) is -17.7. The Balaban J connectivity index is 0.00000567. The molecule has 2 unspecified atom stereocenters. The summed E-state index contributed by atoms with van der Waals surface area (Å²) in [5.74, 6) is -76.5. The first-order chi connectivity index (χ1) is 21.5. The minimum absolute atomic E-state index is 0.00259. The van der Waals surface area contributed by atoms with Crippen LogP contribution < -0.4 is 0 Å². The first-order valence-corrected chi connectivity index (χ1v) is 13.7.